The topological polar surface area (TPSA) is 102 Å². The van der Waals surface area contributed by atoms with Crippen molar-refractivity contribution in [2.24, 2.45) is 0 Å². The first-order valence-electron chi connectivity index (χ1n) is 12.1. The first kappa shape index (κ1) is 26.4. The molecule has 0 N–H and O–H groups in total. The molecule has 1 saturated heterocycles. The number of anilines is 1. The Morgan fingerprint density at radius 2 is 1.55 bits per heavy atom. The van der Waals surface area contributed by atoms with E-state index in [2.05, 4.69) is 0 Å². The van der Waals surface area contributed by atoms with Gasteiger partial charge < -0.3 is 19.1 Å². The molecule has 0 saturated carbocycles. The third kappa shape index (κ3) is 5.36. The summed E-state index contributed by atoms with van der Waals surface area (Å²) in [6.07, 6.45) is -0.176. The molecular weight excluding hydrogens is 488 g/mol. The monoisotopic (exact) mass is 516 g/mol. The van der Waals surface area contributed by atoms with Gasteiger partial charge in [0.2, 0.25) is 5.91 Å². The number of ether oxygens (including phenoxy) is 3. The number of imide groups is 1. The third-order valence-corrected chi connectivity index (χ3v) is 6.22. The highest BCUT2D eigenvalue weighted by Gasteiger charge is 2.44. The summed E-state index contributed by atoms with van der Waals surface area (Å²) in [5.41, 5.74) is 1.71. The lowest BCUT2D eigenvalue weighted by atomic mass is 10.1. The van der Waals surface area contributed by atoms with E-state index in [1.807, 2.05) is 30.3 Å². The van der Waals surface area contributed by atoms with Gasteiger partial charge in [0.15, 0.2) is 11.5 Å². The zero-order chi connectivity index (χ0) is 27.2. The Bertz CT molecular complexity index is 1340. The van der Waals surface area contributed by atoms with E-state index >= 15 is 0 Å². The SMILES string of the molecule is CCOC(=O)c1ccc(N2C(=O)CC(N(Cc3ccccc3)C(=O)c3ccc(OC)c(OC)c3)C2=O)cc1. The van der Waals surface area contributed by atoms with E-state index in [-0.39, 0.29) is 25.1 Å². The van der Waals surface area contributed by atoms with Gasteiger partial charge in [0.1, 0.15) is 6.04 Å². The number of amides is 3. The van der Waals surface area contributed by atoms with Crippen LogP contribution in [0, 0.1) is 0 Å². The molecule has 1 aliphatic heterocycles. The van der Waals surface area contributed by atoms with E-state index in [0.29, 0.717) is 22.7 Å². The Morgan fingerprint density at radius 3 is 2.18 bits per heavy atom. The van der Waals surface area contributed by atoms with Gasteiger partial charge in [-0.15, -0.1) is 0 Å². The Morgan fingerprint density at radius 1 is 0.895 bits per heavy atom. The van der Waals surface area contributed by atoms with Crippen LogP contribution in [-0.4, -0.2) is 55.5 Å². The van der Waals surface area contributed by atoms with Crippen LogP contribution in [0.1, 0.15) is 39.6 Å². The summed E-state index contributed by atoms with van der Waals surface area (Å²) < 4.78 is 15.6. The van der Waals surface area contributed by atoms with Crippen molar-refractivity contribution in [3.63, 3.8) is 0 Å². The highest BCUT2D eigenvalue weighted by Crippen LogP contribution is 2.31. The molecule has 3 aromatic carbocycles. The Balaban J connectivity index is 1.66. The average Bonchev–Trinajstić information content (AvgIpc) is 3.24. The number of methoxy groups -OCH3 is 2. The lowest BCUT2D eigenvalue weighted by Gasteiger charge is -2.28. The number of carbonyl (C=O) groups excluding carboxylic acids is 4. The molecule has 3 amide bonds. The zero-order valence-electron chi connectivity index (χ0n) is 21.4. The summed E-state index contributed by atoms with van der Waals surface area (Å²) in [6, 6.07) is 19.0. The van der Waals surface area contributed by atoms with Crippen LogP contribution in [0.3, 0.4) is 0 Å². The Hall–Kier alpha value is -4.66. The Kier molecular flexibility index (Phi) is 8.06. The van der Waals surface area contributed by atoms with E-state index in [1.54, 1.807) is 25.1 Å². The lowest BCUT2D eigenvalue weighted by molar-refractivity contribution is -0.122. The summed E-state index contributed by atoms with van der Waals surface area (Å²) in [4.78, 5) is 54.9. The molecular formula is C29H28N2O7. The maximum absolute atomic E-state index is 13.8. The van der Waals surface area contributed by atoms with E-state index < -0.39 is 29.7 Å². The highest BCUT2D eigenvalue weighted by molar-refractivity contribution is 6.23. The van der Waals surface area contributed by atoms with E-state index in [9.17, 15) is 19.2 Å². The first-order chi connectivity index (χ1) is 18.4. The number of hydrogen-bond acceptors (Lipinski definition) is 7. The molecule has 3 aromatic rings. The van der Waals surface area contributed by atoms with Gasteiger partial charge in [-0.1, -0.05) is 30.3 Å². The van der Waals surface area contributed by atoms with Crippen molar-refractivity contribution in [2.75, 3.05) is 25.7 Å². The third-order valence-electron chi connectivity index (χ3n) is 6.22. The minimum atomic E-state index is -1.02. The van der Waals surface area contributed by atoms with Crippen LogP contribution in [0.15, 0.2) is 72.8 Å². The summed E-state index contributed by atoms with van der Waals surface area (Å²) in [5.74, 6) is -1.06. The molecule has 9 heteroatoms. The fourth-order valence-corrected chi connectivity index (χ4v) is 4.33. The number of nitrogens with zero attached hydrogens (tertiary/aromatic N) is 2. The van der Waals surface area contributed by atoms with Crippen molar-refractivity contribution in [3.05, 3.63) is 89.5 Å². The van der Waals surface area contributed by atoms with Crippen LogP contribution in [-0.2, 0) is 20.9 Å². The second kappa shape index (κ2) is 11.6. The van der Waals surface area contributed by atoms with Crippen LogP contribution >= 0.6 is 0 Å². The lowest BCUT2D eigenvalue weighted by Crippen LogP contribution is -2.45. The van der Waals surface area contributed by atoms with Gasteiger partial charge >= 0.3 is 5.97 Å². The molecule has 0 radical (unpaired) electrons. The molecule has 1 unspecified atom stereocenters. The maximum Gasteiger partial charge on any atom is 0.338 e. The van der Waals surface area contributed by atoms with Crippen molar-refractivity contribution in [3.8, 4) is 11.5 Å². The Labute approximate surface area is 220 Å². The van der Waals surface area contributed by atoms with Gasteiger partial charge in [-0.05, 0) is 55.0 Å². The van der Waals surface area contributed by atoms with Gasteiger partial charge in [0.05, 0.1) is 38.5 Å². The predicted molar refractivity (Wildman–Crippen MR) is 139 cm³/mol. The first-order valence-corrected chi connectivity index (χ1v) is 12.1. The molecule has 0 aromatic heterocycles. The standard InChI is InChI=1S/C29H28N2O7/c1-4-38-29(35)20-10-13-22(14-11-20)31-26(32)17-23(28(31)34)30(18-19-8-6-5-7-9-19)27(33)21-12-15-24(36-2)25(16-21)37-3/h5-16,23H,4,17-18H2,1-3H3. The van der Waals surface area contributed by atoms with Crippen LogP contribution in [0.2, 0.25) is 0 Å². The highest BCUT2D eigenvalue weighted by atomic mass is 16.5. The number of benzene rings is 3. The molecule has 1 fully saturated rings. The van der Waals surface area contributed by atoms with Crippen LogP contribution < -0.4 is 14.4 Å². The van der Waals surface area contributed by atoms with Gasteiger partial charge in [-0.2, -0.15) is 0 Å². The smallest absolute Gasteiger partial charge is 0.338 e. The molecule has 1 aliphatic rings. The minimum absolute atomic E-state index is 0.118. The molecule has 0 spiro atoms. The second-order valence-corrected chi connectivity index (χ2v) is 8.54. The van der Waals surface area contributed by atoms with Crippen molar-refractivity contribution in [1.29, 1.82) is 0 Å². The van der Waals surface area contributed by atoms with Gasteiger partial charge in [-0.25, -0.2) is 9.69 Å². The molecule has 1 heterocycles. The van der Waals surface area contributed by atoms with Crippen molar-refractivity contribution >= 4 is 29.4 Å². The second-order valence-electron chi connectivity index (χ2n) is 8.54. The normalized spacial score (nSPS) is 14.8. The largest absolute Gasteiger partial charge is 0.493 e. The van der Waals surface area contributed by atoms with Crippen LogP contribution in [0.4, 0.5) is 5.69 Å². The predicted octanol–water partition coefficient (Wildman–Crippen LogP) is 3.86. The minimum Gasteiger partial charge on any atom is -0.493 e. The summed E-state index contributed by atoms with van der Waals surface area (Å²) in [6.45, 7) is 2.06. The van der Waals surface area contributed by atoms with Crippen molar-refractivity contribution in [2.45, 2.75) is 25.9 Å². The molecule has 1 atom stereocenters. The average molecular weight is 517 g/mol. The molecule has 38 heavy (non-hydrogen) atoms. The fraction of sp³-hybridized carbons (Fsp3) is 0.241. The molecule has 0 aliphatic carbocycles. The quantitative estimate of drug-likeness (QED) is 0.314. The van der Waals surface area contributed by atoms with E-state index in [0.717, 1.165) is 10.5 Å². The number of carbonyl (C=O) groups is 4. The molecule has 196 valence electrons. The van der Waals surface area contributed by atoms with Crippen molar-refractivity contribution < 1.29 is 33.4 Å². The summed E-state index contributed by atoms with van der Waals surface area (Å²) in [5, 5.41) is 0. The van der Waals surface area contributed by atoms with Crippen LogP contribution in [0.25, 0.3) is 0 Å². The molecule has 9 nitrogen and oxygen atoms in total. The maximum atomic E-state index is 13.8. The number of rotatable bonds is 9. The van der Waals surface area contributed by atoms with E-state index in [1.165, 1.54) is 43.4 Å². The fourth-order valence-electron chi connectivity index (χ4n) is 4.33. The summed E-state index contributed by atoms with van der Waals surface area (Å²) >= 11 is 0. The molecule has 0 bridgehead atoms. The number of hydrogen-bond donors (Lipinski definition) is 0. The van der Waals surface area contributed by atoms with Gasteiger partial charge in [0, 0.05) is 12.1 Å². The van der Waals surface area contributed by atoms with E-state index in [4.69, 9.17) is 14.2 Å². The van der Waals surface area contributed by atoms with Crippen molar-refractivity contribution in [1.82, 2.24) is 4.90 Å². The molecule has 4 rings (SSSR count). The zero-order valence-corrected chi connectivity index (χ0v) is 21.4. The van der Waals surface area contributed by atoms with Crippen LogP contribution in [0.5, 0.6) is 11.5 Å². The van der Waals surface area contributed by atoms with Gasteiger partial charge in [0.25, 0.3) is 11.8 Å². The van der Waals surface area contributed by atoms with Gasteiger partial charge in [-0.3, -0.25) is 14.4 Å². The summed E-state index contributed by atoms with van der Waals surface area (Å²) in [7, 11) is 2.97. The number of esters is 1.